The maximum atomic E-state index is 12.7. The van der Waals surface area contributed by atoms with Crippen LogP contribution in [0.1, 0.15) is 17.2 Å². The number of hydrogen-bond acceptors (Lipinski definition) is 1. The highest BCUT2D eigenvalue weighted by atomic mass is 19.1. The zero-order chi connectivity index (χ0) is 12.8. The normalized spacial score (nSPS) is 11.8. The number of terminal acetylenes is 1. The van der Waals surface area contributed by atoms with Gasteiger partial charge in [-0.1, -0.05) is 48.4 Å². The summed E-state index contributed by atoms with van der Waals surface area (Å²) in [5, 5.41) is 0. The van der Waals surface area contributed by atoms with Crippen LogP contribution in [0.2, 0.25) is 0 Å². The van der Waals surface area contributed by atoms with Crippen LogP contribution in [-0.4, -0.2) is 0 Å². The number of rotatable bonds is 4. The van der Waals surface area contributed by atoms with Crippen LogP contribution in [0.4, 0.5) is 4.39 Å². The molecule has 0 spiro atoms. The van der Waals surface area contributed by atoms with Crippen LogP contribution in [0.5, 0.6) is 0 Å². The van der Waals surface area contributed by atoms with E-state index in [9.17, 15) is 4.39 Å². The number of ether oxygens (including phenoxy) is 1. The first kappa shape index (κ1) is 12.3. The Morgan fingerprint density at radius 2 is 1.72 bits per heavy atom. The molecule has 0 unspecified atom stereocenters. The van der Waals surface area contributed by atoms with E-state index >= 15 is 0 Å². The van der Waals surface area contributed by atoms with Crippen molar-refractivity contribution in [1.82, 2.24) is 0 Å². The van der Waals surface area contributed by atoms with E-state index in [-0.39, 0.29) is 11.9 Å². The minimum Gasteiger partial charge on any atom is -0.356 e. The zero-order valence-electron chi connectivity index (χ0n) is 9.84. The van der Waals surface area contributed by atoms with Gasteiger partial charge in [-0.05, 0) is 23.3 Å². The fourth-order valence-electron chi connectivity index (χ4n) is 1.63. The third-order valence-corrected chi connectivity index (χ3v) is 2.58. The van der Waals surface area contributed by atoms with Crippen LogP contribution >= 0.6 is 0 Å². The van der Waals surface area contributed by atoms with Gasteiger partial charge in [0.25, 0.3) is 0 Å². The molecule has 1 atom stereocenters. The molecule has 2 rings (SSSR count). The Morgan fingerprint density at radius 1 is 1.06 bits per heavy atom. The van der Waals surface area contributed by atoms with E-state index in [1.54, 1.807) is 12.1 Å². The number of hydrogen-bond donors (Lipinski definition) is 0. The number of halogens is 1. The third-order valence-electron chi connectivity index (χ3n) is 2.58. The molecule has 0 radical (unpaired) electrons. The molecule has 0 amide bonds. The molecular formula is C16H13FO. The summed E-state index contributed by atoms with van der Waals surface area (Å²) in [5.41, 5.74) is 1.84. The van der Waals surface area contributed by atoms with Gasteiger partial charge in [0, 0.05) is 0 Å². The molecule has 0 saturated carbocycles. The lowest BCUT2D eigenvalue weighted by atomic mass is 10.1. The second-order valence-corrected chi connectivity index (χ2v) is 3.89. The van der Waals surface area contributed by atoms with Crippen LogP contribution in [0.25, 0.3) is 0 Å². The lowest BCUT2D eigenvalue weighted by molar-refractivity contribution is 0.0782. The van der Waals surface area contributed by atoms with Gasteiger partial charge < -0.3 is 4.74 Å². The first-order valence-corrected chi connectivity index (χ1v) is 5.66. The fraction of sp³-hybridized carbons (Fsp3) is 0.125. The highest BCUT2D eigenvalue weighted by Gasteiger charge is 2.07. The minimum atomic E-state index is -0.378. The molecular weight excluding hydrogens is 227 g/mol. The van der Waals surface area contributed by atoms with Crippen molar-refractivity contribution in [2.45, 2.75) is 12.7 Å². The standard InChI is InChI=1S/C16H13FO/c1-2-16(14-6-4-3-5-7-14)18-12-13-8-10-15(17)11-9-13/h1,3-11,16H,12H2/t16-/m1/s1. The van der Waals surface area contributed by atoms with Gasteiger partial charge in [-0.3, -0.25) is 0 Å². The van der Waals surface area contributed by atoms with Crippen molar-refractivity contribution in [3.05, 3.63) is 71.5 Å². The average molecular weight is 240 g/mol. The average Bonchev–Trinajstić information content (AvgIpc) is 2.43. The predicted molar refractivity (Wildman–Crippen MR) is 69.2 cm³/mol. The highest BCUT2D eigenvalue weighted by molar-refractivity contribution is 5.24. The molecule has 2 aromatic carbocycles. The minimum absolute atomic E-state index is 0.254. The van der Waals surface area contributed by atoms with Crippen molar-refractivity contribution < 1.29 is 9.13 Å². The van der Waals surface area contributed by atoms with Crippen LogP contribution in [-0.2, 0) is 11.3 Å². The topological polar surface area (TPSA) is 9.23 Å². The van der Waals surface area contributed by atoms with Crippen LogP contribution in [0, 0.1) is 18.2 Å². The van der Waals surface area contributed by atoms with Gasteiger partial charge in [0.05, 0.1) is 6.61 Å². The zero-order valence-corrected chi connectivity index (χ0v) is 9.84. The molecule has 90 valence electrons. The van der Waals surface area contributed by atoms with Gasteiger partial charge in [0.2, 0.25) is 0 Å². The Morgan fingerprint density at radius 3 is 2.33 bits per heavy atom. The molecule has 0 aliphatic carbocycles. The summed E-state index contributed by atoms with van der Waals surface area (Å²) in [5.74, 6) is 2.35. The molecule has 0 N–H and O–H groups in total. The summed E-state index contributed by atoms with van der Waals surface area (Å²) >= 11 is 0. The lowest BCUT2D eigenvalue weighted by Crippen LogP contribution is -2.02. The van der Waals surface area contributed by atoms with Crippen LogP contribution in [0.3, 0.4) is 0 Å². The smallest absolute Gasteiger partial charge is 0.143 e. The Bertz CT molecular complexity index is 525. The summed E-state index contributed by atoms with van der Waals surface area (Å²) in [6.45, 7) is 0.365. The van der Waals surface area contributed by atoms with Crippen molar-refractivity contribution >= 4 is 0 Å². The summed E-state index contributed by atoms with van der Waals surface area (Å²) < 4.78 is 18.4. The van der Waals surface area contributed by atoms with Crippen molar-refractivity contribution in [2.24, 2.45) is 0 Å². The summed E-state index contributed by atoms with van der Waals surface area (Å²) in [6.07, 6.45) is 5.08. The van der Waals surface area contributed by atoms with Crippen LogP contribution < -0.4 is 0 Å². The second kappa shape index (κ2) is 6.00. The Hall–Kier alpha value is -2.11. The maximum Gasteiger partial charge on any atom is 0.143 e. The predicted octanol–water partition coefficient (Wildman–Crippen LogP) is 3.72. The second-order valence-electron chi connectivity index (χ2n) is 3.89. The van der Waals surface area contributed by atoms with Crippen molar-refractivity contribution in [3.63, 3.8) is 0 Å². The van der Waals surface area contributed by atoms with E-state index in [1.165, 1.54) is 12.1 Å². The van der Waals surface area contributed by atoms with Gasteiger partial charge in [-0.15, -0.1) is 6.42 Å². The van der Waals surface area contributed by atoms with Gasteiger partial charge in [-0.25, -0.2) is 4.39 Å². The first-order chi connectivity index (χ1) is 8.79. The largest absolute Gasteiger partial charge is 0.356 e. The summed E-state index contributed by atoms with van der Waals surface area (Å²) in [4.78, 5) is 0. The van der Waals surface area contributed by atoms with Crippen molar-refractivity contribution in [1.29, 1.82) is 0 Å². The lowest BCUT2D eigenvalue weighted by Gasteiger charge is -2.12. The summed E-state index contributed by atoms with van der Waals surface area (Å²) in [7, 11) is 0. The van der Waals surface area contributed by atoms with Gasteiger partial charge in [0.1, 0.15) is 11.9 Å². The van der Waals surface area contributed by atoms with E-state index in [4.69, 9.17) is 11.2 Å². The molecule has 0 saturated heterocycles. The fourth-order valence-corrected chi connectivity index (χ4v) is 1.63. The molecule has 2 aromatic rings. The van der Waals surface area contributed by atoms with Crippen LogP contribution in [0.15, 0.2) is 54.6 Å². The first-order valence-electron chi connectivity index (χ1n) is 5.66. The van der Waals surface area contributed by atoms with E-state index < -0.39 is 0 Å². The summed E-state index contributed by atoms with van der Waals surface area (Å²) in [6, 6.07) is 15.8. The molecule has 0 heterocycles. The van der Waals surface area contributed by atoms with Gasteiger partial charge in [0.15, 0.2) is 0 Å². The van der Waals surface area contributed by atoms with Crippen molar-refractivity contribution in [2.75, 3.05) is 0 Å². The van der Waals surface area contributed by atoms with E-state index in [2.05, 4.69) is 5.92 Å². The number of benzene rings is 2. The Balaban J connectivity index is 2.00. The molecule has 2 heteroatoms. The Labute approximate surface area is 106 Å². The molecule has 18 heavy (non-hydrogen) atoms. The molecule has 0 aromatic heterocycles. The van der Waals surface area contributed by atoms with Crippen molar-refractivity contribution in [3.8, 4) is 12.3 Å². The SMILES string of the molecule is C#C[C@@H](OCc1ccc(F)cc1)c1ccccc1. The Kier molecular flexibility index (Phi) is 4.11. The van der Waals surface area contributed by atoms with E-state index in [0.29, 0.717) is 6.61 Å². The molecule has 0 aliphatic heterocycles. The molecule has 0 bridgehead atoms. The van der Waals surface area contributed by atoms with E-state index in [0.717, 1.165) is 11.1 Å². The quantitative estimate of drug-likeness (QED) is 0.740. The maximum absolute atomic E-state index is 12.7. The molecule has 0 fully saturated rings. The molecule has 1 nitrogen and oxygen atoms in total. The van der Waals surface area contributed by atoms with Gasteiger partial charge in [-0.2, -0.15) is 0 Å². The monoisotopic (exact) mass is 240 g/mol. The molecule has 0 aliphatic rings. The van der Waals surface area contributed by atoms with E-state index in [1.807, 2.05) is 30.3 Å². The third kappa shape index (κ3) is 3.19. The van der Waals surface area contributed by atoms with Gasteiger partial charge >= 0.3 is 0 Å². The highest BCUT2D eigenvalue weighted by Crippen LogP contribution is 2.18.